The lowest BCUT2D eigenvalue weighted by Gasteiger charge is -2.37. The van der Waals surface area contributed by atoms with Gasteiger partial charge in [0.25, 0.3) is 0 Å². The number of carbonyl (C=O) groups excluding carboxylic acids is 1. The third-order valence-corrected chi connectivity index (χ3v) is 4.10. The molecule has 1 amide bonds. The molecule has 112 valence electrons. The molecule has 1 saturated heterocycles. The average Bonchev–Trinajstić information content (AvgIpc) is 2.85. The molecule has 1 aromatic heterocycles. The normalized spacial score (nSPS) is 18.9. The summed E-state index contributed by atoms with van der Waals surface area (Å²) in [6.45, 7) is 10.4. The minimum absolute atomic E-state index is 0.154. The number of hydrogen-bond donors (Lipinski definition) is 1. The lowest BCUT2D eigenvalue weighted by Crippen LogP contribution is -2.60. The molecule has 2 heterocycles. The Balaban J connectivity index is 2.05. The van der Waals surface area contributed by atoms with Gasteiger partial charge in [0, 0.05) is 19.3 Å². The Morgan fingerprint density at radius 3 is 2.75 bits per heavy atom. The number of hydrogen-bond acceptors (Lipinski definition) is 3. The first-order valence-corrected chi connectivity index (χ1v) is 7.56. The number of nitrogens with zero attached hydrogens (tertiary/aromatic N) is 3. The number of aromatic nitrogens is 2. The molecule has 0 spiro atoms. The van der Waals surface area contributed by atoms with Crippen molar-refractivity contribution >= 4 is 5.91 Å². The van der Waals surface area contributed by atoms with Gasteiger partial charge in [0.1, 0.15) is 0 Å². The first kappa shape index (κ1) is 15.0. The lowest BCUT2D eigenvalue weighted by molar-refractivity contribution is -0.140. The van der Waals surface area contributed by atoms with Crippen LogP contribution >= 0.6 is 0 Å². The Morgan fingerprint density at radius 1 is 1.40 bits per heavy atom. The molecule has 5 heteroatoms. The van der Waals surface area contributed by atoms with E-state index in [4.69, 9.17) is 0 Å². The van der Waals surface area contributed by atoms with Crippen LogP contribution in [0.5, 0.6) is 0 Å². The molecule has 0 saturated carbocycles. The topological polar surface area (TPSA) is 50.2 Å². The molecule has 1 N–H and O–H groups in total. The summed E-state index contributed by atoms with van der Waals surface area (Å²) in [4.78, 5) is 14.2. The van der Waals surface area contributed by atoms with Crippen LogP contribution in [0.1, 0.15) is 52.3 Å². The summed E-state index contributed by atoms with van der Waals surface area (Å²) in [6, 6.07) is 2.49. The highest BCUT2D eigenvalue weighted by Gasteiger charge is 2.35. The molecule has 1 aliphatic rings. The number of amides is 1. The maximum absolute atomic E-state index is 12.3. The molecule has 0 atom stereocenters. The largest absolute Gasteiger partial charge is 0.334 e. The molecular weight excluding hydrogens is 252 g/mol. The van der Waals surface area contributed by atoms with E-state index in [1.807, 2.05) is 35.7 Å². The predicted molar refractivity (Wildman–Crippen MR) is 79.3 cm³/mol. The van der Waals surface area contributed by atoms with Crippen LogP contribution in [0.25, 0.3) is 0 Å². The summed E-state index contributed by atoms with van der Waals surface area (Å²) in [5, 5.41) is 7.88. The summed E-state index contributed by atoms with van der Waals surface area (Å²) >= 11 is 0. The fraction of sp³-hybridized carbons (Fsp3) is 0.733. The molecular formula is C15H26N4O. The van der Waals surface area contributed by atoms with Crippen molar-refractivity contribution in [2.24, 2.45) is 0 Å². The fourth-order valence-electron chi connectivity index (χ4n) is 2.75. The highest BCUT2D eigenvalue weighted by atomic mass is 16.2. The van der Waals surface area contributed by atoms with Crippen molar-refractivity contribution in [1.29, 1.82) is 0 Å². The van der Waals surface area contributed by atoms with Crippen LogP contribution in [0.3, 0.4) is 0 Å². The van der Waals surface area contributed by atoms with Gasteiger partial charge in [0.2, 0.25) is 5.91 Å². The highest BCUT2D eigenvalue weighted by molar-refractivity contribution is 5.86. The molecule has 0 bridgehead atoms. The van der Waals surface area contributed by atoms with Crippen LogP contribution in [0.2, 0.25) is 0 Å². The fourth-order valence-corrected chi connectivity index (χ4v) is 2.75. The van der Waals surface area contributed by atoms with Gasteiger partial charge in [-0.2, -0.15) is 5.10 Å². The molecule has 20 heavy (non-hydrogen) atoms. The van der Waals surface area contributed by atoms with Crippen molar-refractivity contribution in [2.75, 3.05) is 13.1 Å². The maximum atomic E-state index is 12.3. The van der Waals surface area contributed by atoms with Gasteiger partial charge in [0.05, 0.1) is 23.8 Å². The molecule has 0 radical (unpaired) electrons. The smallest absolute Gasteiger partial charge is 0.242 e. The second-order valence-electron chi connectivity index (χ2n) is 6.04. The van der Waals surface area contributed by atoms with Gasteiger partial charge in [-0.15, -0.1) is 0 Å². The molecule has 0 aromatic carbocycles. The lowest BCUT2D eigenvalue weighted by atomic mass is 10.0. The monoisotopic (exact) mass is 278 g/mol. The van der Waals surface area contributed by atoms with Crippen molar-refractivity contribution in [3.63, 3.8) is 0 Å². The quantitative estimate of drug-likeness (QED) is 0.895. The maximum Gasteiger partial charge on any atom is 0.242 e. The van der Waals surface area contributed by atoms with E-state index in [2.05, 4.69) is 24.3 Å². The minimum Gasteiger partial charge on any atom is -0.334 e. The summed E-state index contributed by atoms with van der Waals surface area (Å²) in [5.74, 6) is 0.154. The number of piperazine rings is 1. The first-order valence-electron chi connectivity index (χ1n) is 7.56. The molecule has 1 aliphatic heterocycles. The Hall–Kier alpha value is -1.36. The van der Waals surface area contributed by atoms with Gasteiger partial charge >= 0.3 is 0 Å². The summed E-state index contributed by atoms with van der Waals surface area (Å²) < 4.78 is 2.03. The van der Waals surface area contributed by atoms with Crippen LogP contribution in [0.4, 0.5) is 0 Å². The zero-order valence-corrected chi connectivity index (χ0v) is 13.0. The van der Waals surface area contributed by atoms with E-state index in [1.54, 1.807) is 0 Å². The molecule has 5 nitrogen and oxygen atoms in total. The van der Waals surface area contributed by atoms with Crippen molar-refractivity contribution in [2.45, 2.75) is 58.7 Å². The second kappa shape index (κ2) is 5.95. The molecule has 1 aromatic rings. The van der Waals surface area contributed by atoms with E-state index >= 15 is 0 Å². The van der Waals surface area contributed by atoms with Gasteiger partial charge in [-0.05, 0) is 32.8 Å². The Morgan fingerprint density at radius 2 is 2.10 bits per heavy atom. The van der Waals surface area contributed by atoms with E-state index < -0.39 is 5.54 Å². The molecule has 2 rings (SSSR count). The Labute approximate surface area is 121 Å². The van der Waals surface area contributed by atoms with Gasteiger partial charge in [-0.3, -0.25) is 9.48 Å². The van der Waals surface area contributed by atoms with E-state index in [0.717, 1.165) is 31.6 Å². The van der Waals surface area contributed by atoms with E-state index in [-0.39, 0.29) is 5.91 Å². The molecule has 1 fully saturated rings. The van der Waals surface area contributed by atoms with Crippen LogP contribution in [-0.4, -0.2) is 39.2 Å². The minimum atomic E-state index is -0.462. The van der Waals surface area contributed by atoms with Crippen LogP contribution in [0, 0.1) is 0 Å². The van der Waals surface area contributed by atoms with Crippen molar-refractivity contribution in [1.82, 2.24) is 20.0 Å². The van der Waals surface area contributed by atoms with Crippen molar-refractivity contribution in [3.05, 3.63) is 18.0 Å². The second-order valence-corrected chi connectivity index (χ2v) is 6.04. The van der Waals surface area contributed by atoms with Gasteiger partial charge in [-0.1, -0.05) is 13.8 Å². The van der Waals surface area contributed by atoms with Crippen LogP contribution < -0.4 is 5.32 Å². The van der Waals surface area contributed by atoms with Crippen molar-refractivity contribution in [3.8, 4) is 0 Å². The standard InChI is InChI=1S/C15H26N4O/c1-5-13(6-2)19-9-7-12(17-19)11-18-10-8-16-15(3,4)14(18)20/h7,9,13,16H,5-6,8,10-11H2,1-4H3. The molecule has 0 unspecified atom stereocenters. The Bertz CT molecular complexity index is 462. The van der Waals surface area contributed by atoms with E-state index in [0.29, 0.717) is 12.6 Å². The predicted octanol–water partition coefficient (Wildman–Crippen LogP) is 1.95. The zero-order chi connectivity index (χ0) is 14.8. The third kappa shape index (κ3) is 3.03. The van der Waals surface area contributed by atoms with Crippen molar-refractivity contribution < 1.29 is 4.79 Å². The number of carbonyl (C=O) groups is 1. The van der Waals surface area contributed by atoms with E-state index in [9.17, 15) is 4.79 Å². The summed E-state index contributed by atoms with van der Waals surface area (Å²) in [7, 11) is 0. The third-order valence-electron chi connectivity index (χ3n) is 4.10. The van der Waals surface area contributed by atoms with Crippen LogP contribution in [-0.2, 0) is 11.3 Å². The first-order chi connectivity index (χ1) is 9.47. The van der Waals surface area contributed by atoms with Gasteiger partial charge in [-0.25, -0.2) is 0 Å². The average molecular weight is 278 g/mol. The van der Waals surface area contributed by atoms with E-state index in [1.165, 1.54) is 0 Å². The SMILES string of the molecule is CCC(CC)n1ccc(CN2CCNC(C)(C)C2=O)n1. The summed E-state index contributed by atoms with van der Waals surface area (Å²) in [6.07, 6.45) is 4.19. The van der Waals surface area contributed by atoms with Gasteiger partial charge in [0.15, 0.2) is 0 Å². The van der Waals surface area contributed by atoms with Crippen LogP contribution in [0.15, 0.2) is 12.3 Å². The highest BCUT2D eigenvalue weighted by Crippen LogP contribution is 2.17. The number of nitrogens with one attached hydrogen (secondary N) is 1. The summed E-state index contributed by atoms with van der Waals surface area (Å²) in [5.41, 5.74) is 0.513. The van der Waals surface area contributed by atoms with Gasteiger partial charge < -0.3 is 10.2 Å². The number of rotatable bonds is 5. The zero-order valence-electron chi connectivity index (χ0n) is 13.0. The molecule has 0 aliphatic carbocycles. The Kier molecular flexibility index (Phi) is 4.48.